The van der Waals surface area contributed by atoms with Crippen LogP contribution in [0.4, 0.5) is 0 Å². The van der Waals surface area contributed by atoms with Gasteiger partial charge in [0, 0.05) is 6.42 Å². The standard InChI is InChI=1S/C24H45O2/c1-4-7-10-13-15-18-21-24(22-25,20-17-12-9-6-3)23(26)19-16-14-11-8-5-2/h4-21H2,1-3H3. The average molecular weight is 366 g/mol. The Hall–Kier alpha value is -0.660. The molecule has 2 nitrogen and oxygen atoms in total. The van der Waals surface area contributed by atoms with Crippen LogP contribution < -0.4 is 0 Å². The molecule has 0 bridgehead atoms. The van der Waals surface area contributed by atoms with E-state index in [-0.39, 0.29) is 5.78 Å². The summed E-state index contributed by atoms with van der Waals surface area (Å²) < 4.78 is 0. The van der Waals surface area contributed by atoms with Crippen molar-refractivity contribution in [1.82, 2.24) is 0 Å². The summed E-state index contributed by atoms with van der Waals surface area (Å²) in [5, 5.41) is 0. The van der Waals surface area contributed by atoms with Crippen molar-refractivity contribution in [2.75, 3.05) is 0 Å². The number of rotatable bonds is 20. The minimum absolute atomic E-state index is 0.175. The maximum atomic E-state index is 12.9. The van der Waals surface area contributed by atoms with E-state index >= 15 is 0 Å². The van der Waals surface area contributed by atoms with Gasteiger partial charge in [0.2, 0.25) is 6.29 Å². The van der Waals surface area contributed by atoms with E-state index in [1.54, 1.807) is 0 Å². The summed E-state index contributed by atoms with van der Waals surface area (Å²) in [6, 6.07) is 0. The maximum absolute atomic E-state index is 12.9. The summed E-state index contributed by atoms with van der Waals surface area (Å²) in [5.74, 6) is 0.175. The molecule has 2 heteroatoms. The van der Waals surface area contributed by atoms with Gasteiger partial charge >= 0.3 is 0 Å². The number of hydrogen-bond donors (Lipinski definition) is 0. The third kappa shape index (κ3) is 11.9. The molecule has 0 fully saturated rings. The summed E-state index contributed by atoms with van der Waals surface area (Å²) in [5.41, 5.74) is -0.802. The zero-order valence-electron chi connectivity index (χ0n) is 18.0. The third-order valence-electron chi connectivity index (χ3n) is 5.65. The normalized spacial score (nSPS) is 13.5. The zero-order valence-corrected chi connectivity index (χ0v) is 18.0. The highest BCUT2D eigenvalue weighted by Crippen LogP contribution is 2.33. The first kappa shape index (κ1) is 25.3. The van der Waals surface area contributed by atoms with Crippen LogP contribution in [0.15, 0.2) is 0 Å². The van der Waals surface area contributed by atoms with E-state index in [2.05, 4.69) is 27.1 Å². The zero-order chi connectivity index (χ0) is 19.5. The summed E-state index contributed by atoms with van der Waals surface area (Å²) in [6.45, 7) is 6.62. The Morgan fingerprint density at radius 2 is 1.00 bits per heavy atom. The van der Waals surface area contributed by atoms with Crippen LogP contribution in [0.5, 0.6) is 0 Å². The first-order valence-electron chi connectivity index (χ1n) is 11.6. The van der Waals surface area contributed by atoms with Gasteiger partial charge in [0.15, 0.2) is 0 Å². The predicted molar refractivity (Wildman–Crippen MR) is 113 cm³/mol. The van der Waals surface area contributed by atoms with E-state index in [1.165, 1.54) is 57.8 Å². The lowest BCUT2D eigenvalue weighted by molar-refractivity contribution is -0.126. The van der Waals surface area contributed by atoms with Crippen molar-refractivity contribution in [3.05, 3.63) is 0 Å². The van der Waals surface area contributed by atoms with Gasteiger partial charge in [-0.05, 0) is 19.3 Å². The topological polar surface area (TPSA) is 34.1 Å². The Morgan fingerprint density at radius 3 is 1.46 bits per heavy atom. The van der Waals surface area contributed by atoms with Crippen molar-refractivity contribution in [3.8, 4) is 0 Å². The van der Waals surface area contributed by atoms with E-state index in [0.717, 1.165) is 51.4 Å². The van der Waals surface area contributed by atoms with E-state index in [1.807, 2.05) is 0 Å². The molecule has 0 aliphatic rings. The average Bonchev–Trinajstić information content (AvgIpc) is 2.66. The Labute approximate surface area is 163 Å². The first-order chi connectivity index (χ1) is 12.7. The van der Waals surface area contributed by atoms with Gasteiger partial charge in [0.25, 0.3) is 0 Å². The largest absolute Gasteiger partial charge is 0.299 e. The fourth-order valence-corrected chi connectivity index (χ4v) is 3.75. The summed E-state index contributed by atoms with van der Waals surface area (Å²) in [4.78, 5) is 24.8. The first-order valence-corrected chi connectivity index (χ1v) is 11.6. The fourth-order valence-electron chi connectivity index (χ4n) is 3.75. The van der Waals surface area contributed by atoms with Gasteiger partial charge in [0.05, 0.1) is 5.41 Å². The van der Waals surface area contributed by atoms with Crippen molar-refractivity contribution in [2.24, 2.45) is 5.41 Å². The van der Waals surface area contributed by atoms with E-state index in [9.17, 15) is 9.59 Å². The monoisotopic (exact) mass is 365 g/mol. The number of Topliss-reactive ketones (excluding diaryl/α,β-unsaturated/α-hetero) is 1. The molecule has 0 N–H and O–H groups in total. The van der Waals surface area contributed by atoms with Crippen LogP contribution >= 0.6 is 0 Å². The van der Waals surface area contributed by atoms with Crippen molar-refractivity contribution >= 4 is 12.1 Å². The molecule has 0 aromatic rings. The van der Waals surface area contributed by atoms with Crippen LogP contribution in [0.25, 0.3) is 0 Å². The second kappa shape index (κ2) is 17.7. The quantitative estimate of drug-likeness (QED) is 0.163. The molecule has 0 spiro atoms. The Kier molecular flexibility index (Phi) is 17.3. The highest BCUT2D eigenvalue weighted by molar-refractivity contribution is 5.98. The number of hydrogen-bond acceptors (Lipinski definition) is 2. The van der Waals surface area contributed by atoms with Crippen LogP contribution in [-0.2, 0) is 9.59 Å². The third-order valence-corrected chi connectivity index (χ3v) is 5.65. The number of carbonyl (C=O) groups is 1. The second-order valence-electron chi connectivity index (χ2n) is 8.10. The van der Waals surface area contributed by atoms with E-state index in [4.69, 9.17) is 0 Å². The number of ketones is 1. The summed E-state index contributed by atoms with van der Waals surface area (Å²) >= 11 is 0. The minimum Gasteiger partial charge on any atom is -0.299 e. The molecule has 0 saturated heterocycles. The molecule has 0 saturated carbocycles. The Bertz CT molecular complexity index is 337. The molecule has 1 atom stereocenters. The van der Waals surface area contributed by atoms with Crippen LogP contribution in [0.1, 0.15) is 136 Å². The second-order valence-corrected chi connectivity index (χ2v) is 8.10. The van der Waals surface area contributed by atoms with Crippen LogP contribution in [-0.4, -0.2) is 12.1 Å². The molecule has 0 aliphatic carbocycles. The summed E-state index contributed by atoms with van der Waals surface area (Å²) in [7, 11) is 0. The van der Waals surface area contributed by atoms with Crippen LogP contribution in [0, 0.1) is 5.41 Å². The maximum Gasteiger partial charge on any atom is 0.212 e. The number of unbranched alkanes of at least 4 members (excludes halogenated alkanes) is 12. The molecule has 0 heterocycles. The Morgan fingerprint density at radius 1 is 0.615 bits per heavy atom. The smallest absolute Gasteiger partial charge is 0.212 e. The van der Waals surface area contributed by atoms with Crippen molar-refractivity contribution in [2.45, 2.75) is 136 Å². The van der Waals surface area contributed by atoms with Gasteiger partial charge < -0.3 is 0 Å². The van der Waals surface area contributed by atoms with Gasteiger partial charge in [-0.25, -0.2) is 0 Å². The van der Waals surface area contributed by atoms with Crippen molar-refractivity contribution in [3.63, 3.8) is 0 Å². The molecule has 1 unspecified atom stereocenters. The van der Waals surface area contributed by atoms with Crippen LogP contribution in [0.2, 0.25) is 0 Å². The molecule has 0 rings (SSSR count). The highest BCUT2D eigenvalue weighted by Gasteiger charge is 2.37. The lowest BCUT2D eigenvalue weighted by Gasteiger charge is -2.26. The van der Waals surface area contributed by atoms with Gasteiger partial charge in [-0.15, -0.1) is 0 Å². The fraction of sp³-hybridized carbons (Fsp3) is 0.917. The minimum atomic E-state index is -0.802. The molecule has 153 valence electrons. The van der Waals surface area contributed by atoms with E-state index < -0.39 is 5.41 Å². The van der Waals surface area contributed by atoms with Gasteiger partial charge in [-0.2, -0.15) is 0 Å². The van der Waals surface area contributed by atoms with Gasteiger partial charge in [-0.1, -0.05) is 111 Å². The van der Waals surface area contributed by atoms with Crippen LogP contribution in [0.3, 0.4) is 0 Å². The van der Waals surface area contributed by atoms with E-state index in [0.29, 0.717) is 6.42 Å². The number of carbonyl (C=O) groups excluding carboxylic acids is 2. The molecule has 0 aromatic heterocycles. The molecule has 0 aromatic carbocycles. The SMILES string of the molecule is CCCCCCCCC([C]=O)(CCCCCC)C(=O)CCCCCCC. The molecule has 1 radical (unpaired) electrons. The van der Waals surface area contributed by atoms with Gasteiger partial charge in [0.1, 0.15) is 5.78 Å². The van der Waals surface area contributed by atoms with Crippen molar-refractivity contribution in [1.29, 1.82) is 0 Å². The molecule has 26 heavy (non-hydrogen) atoms. The van der Waals surface area contributed by atoms with Crippen molar-refractivity contribution < 1.29 is 9.59 Å². The lowest BCUT2D eigenvalue weighted by atomic mass is 9.74. The van der Waals surface area contributed by atoms with Gasteiger partial charge in [-0.3, -0.25) is 9.59 Å². The predicted octanol–water partition coefficient (Wildman–Crippen LogP) is 7.73. The lowest BCUT2D eigenvalue weighted by Crippen LogP contribution is -2.33. The molecule has 0 amide bonds. The Balaban J connectivity index is 4.51. The highest BCUT2D eigenvalue weighted by atomic mass is 16.1. The molecular weight excluding hydrogens is 320 g/mol. The molecular formula is C24H45O2. The summed E-state index contributed by atoms with van der Waals surface area (Å²) in [6.07, 6.45) is 21.6. The molecule has 0 aliphatic heterocycles.